The van der Waals surface area contributed by atoms with Crippen LogP contribution in [-0.4, -0.2) is 33.5 Å². The summed E-state index contributed by atoms with van der Waals surface area (Å²) in [5.41, 5.74) is 3.70. The molecule has 1 atom stereocenters. The zero-order chi connectivity index (χ0) is 28.8. The first-order valence-corrected chi connectivity index (χ1v) is 14.8. The maximum Gasteiger partial charge on any atom is 0.255 e. The summed E-state index contributed by atoms with van der Waals surface area (Å²) in [4.78, 5) is 18.5. The lowest BCUT2D eigenvalue weighted by atomic mass is 9.94. The fraction of sp³-hybridized carbons (Fsp3) is 0.258. The number of carbonyl (C=O) groups is 1. The Balaban J connectivity index is 1.50. The van der Waals surface area contributed by atoms with Crippen molar-refractivity contribution in [3.05, 3.63) is 100 Å². The van der Waals surface area contributed by atoms with Gasteiger partial charge < -0.3 is 20.1 Å². The van der Waals surface area contributed by atoms with Crippen LogP contribution >= 0.6 is 23.4 Å². The summed E-state index contributed by atoms with van der Waals surface area (Å²) in [6.45, 7) is 4.37. The topological polar surface area (TPSA) is 90.3 Å². The minimum absolute atomic E-state index is 0.229. The van der Waals surface area contributed by atoms with Gasteiger partial charge in [-0.2, -0.15) is 4.98 Å². The first-order chi connectivity index (χ1) is 20.0. The van der Waals surface area contributed by atoms with Crippen molar-refractivity contribution in [2.75, 3.05) is 23.5 Å². The van der Waals surface area contributed by atoms with E-state index in [0.29, 0.717) is 51.2 Å². The van der Waals surface area contributed by atoms with E-state index in [1.54, 1.807) is 23.6 Å². The molecular weight excluding hydrogens is 558 g/mol. The smallest absolute Gasteiger partial charge is 0.255 e. The summed E-state index contributed by atoms with van der Waals surface area (Å²) >= 11 is 7.74. The summed E-state index contributed by atoms with van der Waals surface area (Å²) in [6, 6.07) is 22.1. The van der Waals surface area contributed by atoms with Gasteiger partial charge in [0.15, 0.2) is 11.5 Å². The number of thioether (sulfide) groups is 1. The molecule has 4 aromatic rings. The van der Waals surface area contributed by atoms with Crippen molar-refractivity contribution in [2.24, 2.45) is 0 Å². The molecule has 0 aliphatic carbocycles. The van der Waals surface area contributed by atoms with Gasteiger partial charge in [-0.05, 0) is 60.9 Å². The van der Waals surface area contributed by atoms with Crippen molar-refractivity contribution < 1.29 is 14.3 Å². The van der Waals surface area contributed by atoms with Crippen LogP contribution in [0.2, 0.25) is 5.02 Å². The second-order valence-electron chi connectivity index (χ2n) is 9.58. The number of hydrogen-bond donors (Lipinski definition) is 2. The molecule has 2 heterocycles. The number of aromatic nitrogens is 3. The standard InChI is InChI=1S/C31H32ClN5O3S/c1-4-5-16-41-31-35-30-33-20(2)27(29(38)34-24-12-7-6-8-13-24)28(37(30)36-31)22-14-15-25(26(18-22)39-3)40-19-21-10-9-11-23(32)17-21/h6-15,17-18,28H,4-5,16,19H2,1-3H3,(H,34,38)(H,33,35,36). The third-order valence-corrected chi connectivity index (χ3v) is 7.78. The van der Waals surface area contributed by atoms with Gasteiger partial charge in [0.25, 0.3) is 5.91 Å². The number of benzene rings is 3. The number of nitrogens with zero attached hydrogens (tertiary/aromatic N) is 3. The highest BCUT2D eigenvalue weighted by molar-refractivity contribution is 7.99. The molecule has 8 nitrogen and oxygen atoms in total. The molecule has 0 saturated carbocycles. The summed E-state index contributed by atoms with van der Waals surface area (Å²) in [6.07, 6.45) is 2.17. The van der Waals surface area contributed by atoms with Gasteiger partial charge in [-0.3, -0.25) is 4.79 Å². The van der Waals surface area contributed by atoms with E-state index in [4.69, 9.17) is 31.2 Å². The van der Waals surface area contributed by atoms with E-state index in [-0.39, 0.29) is 5.91 Å². The van der Waals surface area contributed by atoms with E-state index in [9.17, 15) is 4.79 Å². The molecular formula is C31H32ClN5O3S. The summed E-state index contributed by atoms with van der Waals surface area (Å²) in [7, 11) is 1.60. The van der Waals surface area contributed by atoms with E-state index in [1.807, 2.05) is 79.7 Å². The number of ether oxygens (including phenoxy) is 2. The number of unbranched alkanes of at least 4 members (excludes halogenated alkanes) is 1. The molecule has 0 spiro atoms. The Kier molecular flexibility index (Phi) is 9.16. The Morgan fingerprint density at radius 3 is 2.68 bits per heavy atom. The lowest BCUT2D eigenvalue weighted by Crippen LogP contribution is -2.31. The Morgan fingerprint density at radius 2 is 1.93 bits per heavy atom. The van der Waals surface area contributed by atoms with Crippen molar-refractivity contribution in [3.63, 3.8) is 0 Å². The van der Waals surface area contributed by atoms with Gasteiger partial charge in [0.2, 0.25) is 11.1 Å². The highest BCUT2D eigenvalue weighted by Crippen LogP contribution is 2.40. The molecule has 2 N–H and O–H groups in total. The molecule has 1 aliphatic heterocycles. The molecule has 0 saturated heterocycles. The van der Waals surface area contributed by atoms with Crippen LogP contribution in [-0.2, 0) is 11.4 Å². The third-order valence-electron chi connectivity index (χ3n) is 6.63. The van der Waals surface area contributed by atoms with Gasteiger partial charge in [-0.1, -0.05) is 73.1 Å². The Labute approximate surface area is 249 Å². The summed E-state index contributed by atoms with van der Waals surface area (Å²) in [5, 5.41) is 12.5. The third kappa shape index (κ3) is 6.69. The van der Waals surface area contributed by atoms with E-state index in [2.05, 4.69) is 17.6 Å². The normalized spacial score (nSPS) is 14.3. The predicted octanol–water partition coefficient (Wildman–Crippen LogP) is 7.34. The van der Waals surface area contributed by atoms with Crippen LogP contribution in [0.1, 0.15) is 43.9 Å². The number of hydrogen-bond acceptors (Lipinski definition) is 7. The van der Waals surface area contributed by atoms with Crippen molar-refractivity contribution in [2.45, 2.75) is 44.5 Å². The molecule has 41 heavy (non-hydrogen) atoms. The number of rotatable bonds is 11. The van der Waals surface area contributed by atoms with E-state index < -0.39 is 6.04 Å². The average Bonchev–Trinajstić information content (AvgIpc) is 3.38. The average molecular weight is 590 g/mol. The van der Waals surface area contributed by atoms with Gasteiger partial charge in [-0.25, -0.2) is 4.68 Å². The summed E-state index contributed by atoms with van der Waals surface area (Å²) in [5.74, 6) is 2.40. The van der Waals surface area contributed by atoms with Crippen LogP contribution in [0.3, 0.4) is 0 Å². The van der Waals surface area contributed by atoms with Crippen molar-refractivity contribution in [1.82, 2.24) is 14.8 Å². The number of amides is 1. The van der Waals surface area contributed by atoms with Crippen LogP contribution in [0.4, 0.5) is 11.6 Å². The molecule has 0 fully saturated rings. The predicted molar refractivity (Wildman–Crippen MR) is 164 cm³/mol. The first kappa shape index (κ1) is 28.6. The number of methoxy groups -OCH3 is 1. The van der Waals surface area contributed by atoms with Gasteiger partial charge in [0.05, 0.1) is 12.7 Å². The number of nitrogens with one attached hydrogen (secondary N) is 2. The number of carbonyl (C=O) groups excluding carboxylic acids is 1. The highest BCUT2D eigenvalue weighted by atomic mass is 35.5. The molecule has 1 aliphatic rings. The quantitative estimate of drug-likeness (QED) is 0.140. The van der Waals surface area contributed by atoms with Crippen LogP contribution in [0.25, 0.3) is 0 Å². The number of anilines is 2. The molecule has 5 rings (SSSR count). The first-order valence-electron chi connectivity index (χ1n) is 13.5. The maximum absolute atomic E-state index is 13.8. The number of para-hydroxylation sites is 1. The molecule has 0 radical (unpaired) electrons. The lowest BCUT2D eigenvalue weighted by molar-refractivity contribution is -0.113. The Bertz CT molecular complexity index is 1560. The number of halogens is 1. The molecule has 212 valence electrons. The van der Waals surface area contributed by atoms with E-state index in [1.165, 1.54) is 0 Å². The van der Waals surface area contributed by atoms with Crippen LogP contribution in [0, 0.1) is 0 Å². The van der Waals surface area contributed by atoms with Gasteiger partial charge in [-0.15, -0.1) is 5.10 Å². The van der Waals surface area contributed by atoms with Gasteiger partial charge in [0.1, 0.15) is 12.6 Å². The SMILES string of the molecule is CCCCSc1nc2n(n1)C(c1ccc(OCc3cccc(Cl)c3)c(OC)c1)C(C(=O)Nc1ccccc1)=C(C)N2. The molecule has 10 heteroatoms. The molecule has 1 unspecified atom stereocenters. The molecule has 3 aromatic carbocycles. The molecule has 0 bridgehead atoms. The van der Waals surface area contributed by atoms with Gasteiger partial charge in [0, 0.05) is 22.2 Å². The zero-order valence-corrected chi connectivity index (χ0v) is 24.8. The Morgan fingerprint density at radius 1 is 1.10 bits per heavy atom. The Hall–Kier alpha value is -3.95. The lowest BCUT2D eigenvalue weighted by Gasteiger charge is -2.29. The van der Waals surface area contributed by atoms with Crippen LogP contribution in [0.15, 0.2) is 89.2 Å². The van der Waals surface area contributed by atoms with Gasteiger partial charge >= 0.3 is 0 Å². The summed E-state index contributed by atoms with van der Waals surface area (Å²) < 4.78 is 13.6. The second-order valence-corrected chi connectivity index (χ2v) is 11.1. The minimum Gasteiger partial charge on any atom is -0.493 e. The van der Waals surface area contributed by atoms with Crippen LogP contribution < -0.4 is 20.1 Å². The number of fused-ring (bicyclic) bond motifs is 1. The molecule has 1 amide bonds. The maximum atomic E-state index is 13.8. The largest absolute Gasteiger partial charge is 0.493 e. The van der Waals surface area contributed by atoms with Crippen molar-refractivity contribution in [1.29, 1.82) is 0 Å². The zero-order valence-electron chi connectivity index (χ0n) is 23.2. The fourth-order valence-corrected chi connectivity index (χ4v) is 5.71. The molecule has 1 aromatic heterocycles. The monoisotopic (exact) mass is 589 g/mol. The number of allylic oxidation sites excluding steroid dienone is 1. The van der Waals surface area contributed by atoms with E-state index in [0.717, 1.165) is 29.7 Å². The van der Waals surface area contributed by atoms with Crippen molar-refractivity contribution >= 4 is 40.9 Å². The highest BCUT2D eigenvalue weighted by Gasteiger charge is 2.35. The van der Waals surface area contributed by atoms with Crippen LogP contribution in [0.5, 0.6) is 11.5 Å². The second kappa shape index (κ2) is 13.1. The van der Waals surface area contributed by atoms with E-state index >= 15 is 0 Å². The fourth-order valence-electron chi connectivity index (χ4n) is 4.58. The van der Waals surface area contributed by atoms with Crippen molar-refractivity contribution in [3.8, 4) is 11.5 Å². The minimum atomic E-state index is -0.543.